The van der Waals surface area contributed by atoms with Crippen LogP contribution in [0.2, 0.25) is 5.02 Å². The Morgan fingerprint density at radius 1 is 1.42 bits per heavy atom. The third-order valence-corrected chi connectivity index (χ3v) is 4.03. The van der Waals surface area contributed by atoms with E-state index < -0.39 is 11.9 Å². The number of likely N-dealkylation sites (tertiary alicyclic amines) is 1. The normalized spacial score (nSPS) is 16.5. The van der Waals surface area contributed by atoms with Gasteiger partial charge in [-0.2, -0.15) is 0 Å². The van der Waals surface area contributed by atoms with E-state index in [1.165, 1.54) is 18.1 Å². The van der Waals surface area contributed by atoms with Gasteiger partial charge in [-0.25, -0.2) is 0 Å². The van der Waals surface area contributed by atoms with Crippen molar-refractivity contribution in [1.29, 1.82) is 0 Å². The summed E-state index contributed by atoms with van der Waals surface area (Å²) in [6.07, 6.45) is 1.29. The zero-order chi connectivity index (χ0) is 17.0. The second-order valence-corrected chi connectivity index (χ2v) is 5.82. The zero-order valence-electron chi connectivity index (χ0n) is 13.6. The summed E-state index contributed by atoms with van der Waals surface area (Å²) in [4.78, 5) is 25.1. The summed E-state index contributed by atoms with van der Waals surface area (Å²) in [6, 6.07) is 3.11. The second-order valence-electron chi connectivity index (χ2n) is 5.41. The highest BCUT2D eigenvalue weighted by molar-refractivity contribution is 6.32. The van der Waals surface area contributed by atoms with Crippen LogP contribution >= 0.6 is 24.0 Å². The number of carboxylic acids is 1. The molecule has 1 atom stereocenters. The van der Waals surface area contributed by atoms with Crippen LogP contribution in [0.3, 0.4) is 0 Å². The first-order valence-corrected chi connectivity index (χ1v) is 7.88. The van der Waals surface area contributed by atoms with E-state index in [0.717, 1.165) is 6.42 Å². The Morgan fingerprint density at radius 2 is 2.12 bits per heavy atom. The van der Waals surface area contributed by atoms with Crippen molar-refractivity contribution in [1.82, 2.24) is 4.90 Å². The molecule has 0 aromatic heterocycles. The number of rotatable bonds is 6. The van der Waals surface area contributed by atoms with Crippen LogP contribution in [0.5, 0.6) is 11.5 Å². The number of amides is 1. The number of carbonyl (C=O) groups is 2. The Labute approximate surface area is 152 Å². The summed E-state index contributed by atoms with van der Waals surface area (Å²) in [5, 5.41) is 9.33. The standard InChI is InChI=1S/C16H20ClNO5.ClH/c1-3-6-23-14-12(17)7-11(8-13(14)22-2)15(19)18-5-4-10(9-18)16(20)21;/h7-8,10H,3-6,9H2,1-2H3,(H,20,21);1H. The van der Waals surface area contributed by atoms with Crippen LogP contribution in [-0.4, -0.2) is 48.7 Å². The van der Waals surface area contributed by atoms with Crippen molar-refractivity contribution in [2.75, 3.05) is 26.8 Å². The van der Waals surface area contributed by atoms with Crippen LogP contribution in [0.1, 0.15) is 30.1 Å². The van der Waals surface area contributed by atoms with Crippen LogP contribution in [0.15, 0.2) is 12.1 Å². The molecule has 0 saturated carbocycles. The lowest BCUT2D eigenvalue weighted by Gasteiger charge is -2.18. The first kappa shape index (κ1) is 20.4. The predicted molar refractivity (Wildman–Crippen MR) is 92.7 cm³/mol. The summed E-state index contributed by atoms with van der Waals surface area (Å²) in [7, 11) is 1.48. The number of benzene rings is 1. The molecule has 0 aliphatic carbocycles. The molecule has 1 aliphatic heterocycles. The minimum Gasteiger partial charge on any atom is -0.493 e. The molecule has 6 nitrogen and oxygen atoms in total. The largest absolute Gasteiger partial charge is 0.493 e. The molecule has 0 bridgehead atoms. The topological polar surface area (TPSA) is 76.1 Å². The molecule has 8 heteroatoms. The van der Waals surface area contributed by atoms with Crippen molar-refractivity contribution in [2.45, 2.75) is 19.8 Å². The number of ether oxygens (including phenoxy) is 2. The maximum Gasteiger partial charge on any atom is 0.308 e. The molecule has 0 spiro atoms. The summed E-state index contributed by atoms with van der Waals surface area (Å²) in [5.41, 5.74) is 0.363. The molecule has 1 heterocycles. The van der Waals surface area contributed by atoms with E-state index in [4.69, 9.17) is 26.2 Å². The van der Waals surface area contributed by atoms with E-state index in [9.17, 15) is 9.59 Å². The third-order valence-electron chi connectivity index (χ3n) is 3.75. The Hall–Kier alpha value is -1.66. The lowest BCUT2D eigenvalue weighted by molar-refractivity contribution is -0.141. The molecule has 1 aromatic rings. The van der Waals surface area contributed by atoms with Crippen molar-refractivity contribution in [3.05, 3.63) is 22.7 Å². The number of halogens is 2. The highest BCUT2D eigenvalue weighted by Gasteiger charge is 2.31. The van der Waals surface area contributed by atoms with Crippen molar-refractivity contribution < 1.29 is 24.2 Å². The third kappa shape index (κ3) is 4.45. The summed E-state index contributed by atoms with van der Waals surface area (Å²) >= 11 is 6.21. The Kier molecular flexibility index (Phi) is 7.63. The maximum absolute atomic E-state index is 12.5. The molecule has 134 valence electrons. The molecule has 1 N–H and O–H groups in total. The number of aliphatic carboxylic acids is 1. The van der Waals surface area contributed by atoms with Crippen molar-refractivity contribution in [3.63, 3.8) is 0 Å². The molecule has 1 fully saturated rings. The zero-order valence-corrected chi connectivity index (χ0v) is 15.2. The molecular formula is C16H21Cl2NO5. The Balaban J connectivity index is 0.00000288. The number of methoxy groups -OCH3 is 1. The first-order chi connectivity index (χ1) is 11.0. The fraction of sp³-hybridized carbons (Fsp3) is 0.500. The molecule has 1 aliphatic rings. The van der Waals surface area contributed by atoms with Crippen LogP contribution in [0, 0.1) is 5.92 Å². The molecule has 24 heavy (non-hydrogen) atoms. The number of nitrogens with zero attached hydrogens (tertiary/aromatic N) is 1. The van der Waals surface area contributed by atoms with Crippen LogP contribution in [-0.2, 0) is 4.79 Å². The highest BCUT2D eigenvalue weighted by atomic mass is 35.5. The second kappa shape index (κ2) is 8.99. The average molecular weight is 378 g/mol. The quantitative estimate of drug-likeness (QED) is 0.823. The van der Waals surface area contributed by atoms with E-state index >= 15 is 0 Å². The minimum atomic E-state index is -0.876. The predicted octanol–water partition coefficient (Wildman–Crippen LogP) is 3.11. The molecule has 1 saturated heterocycles. The fourth-order valence-corrected chi connectivity index (χ4v) is 2.78. The molecule has 1 amide bonds. The van der Waals surface area contributed by atoms with Gasteiger partial charge < -0.3 is 19.5 Å². The van der Waals surface area contributed by atoms with Crippen molar-refractivity contribution in [2.24, 2.45) is 5.92 Å². The van der Waals surface area contributed by atoms with Gasteiger partial charge in [-0.15, -0.1) is 12.4 Å². The fourth-order valence-electron chi connectivity index (χ4n) is 2.52. The van der Waals surface area contributed by atoms with Gasteiger partial charge in [-0.3, -0.25) is 9.59 Å². The lowest BCUT2D eigenvalue weighted by atomic mass is 10.1. The van der Waals surface area contributed by atoms with Gasteiger partial charge in [0.2, 0.25) is 0 Å². The van der Waals surface area contributed by atoms with Gasteiger partial charge in [0.1, 0.15) is 0 Å². The van der Waals surface area contributed by atoms with Crippen LogP contribution in [0.25, 0.3) is 0 Å². The number of carboxylic acid groups (broad SMARTS) is 1. The summed E-state index contributed by atoms with van der Waals surface area (Å²) in [5.74, 6) is -0.834. The van der Waals surface area contributed by atoms with Gasteiger partial charge in [0.05, 0.1) is 24.7 Å². The molecule has 2 rings (SSSR count). The number of hydrogen-bond donors (Lipinski definition) is 1. The maximum atomic E-state index is 12.5. The smallest absolute Gasteiger partial charge is 0.308 e. The van der Waals surface area contributed by atoms with Gasteiger partial charge in [0, 0.05) is 18.7 Å². The van der Waals surface area contributed by atoms with Crippen molar-refractivity contribution >= 4 is 35.9 Å². The van der Waals surface area contributed by atoms with Gasteiger partial charge in [0.25, 0.3) is 5.91 Å². The SMILES string of the molecule is CCCOc1c(Cl)cc(C(=O)N2CCC(C(=O)O)C2)cc1OC.Cl. The highest BCUT2D eigenvalue weighted by Crippen LogP contribution is 2.37. The number of hydrogen-bond acceptors (Lipinski definition) is 4. The van der Waals surface area contributed by atoms with E-state index in [-0.39, 0.29) is 24.9 Å². The lowest BCUT2D eigenvalue weighted by Crippen LogP contribution is -2.30. The minimum absolute atomic E-state index is 0. The molecule has 0 radical (unpaired) electrons. The monoisotopic (exact) mass is 377 g/mol. The molecule has 1 unspecified atom stereocenters. The Bertz CT molecular complexity index is 608. The molecular weight excluding hydrogens is 357 g/mol. The van der Waals surface area contributed by atoms with Gasteiger partial charge in [0.15, 0.2) is 11.5 Å². The van der Waals surface area contributed by atoms with Gasteiger partial charge in [-0.1, -0.05) is 18.5 Å². The van der Waals surface area contributed by atoms with E-state index in [1.54, 1.807) is 6.07 Å². The Morgan fingerprint density at radius 3 is 2.67 bits per heavy atom. The van der Waals surface area contributed by atoms with E-state index in [2.05, 4.69) is 0 Å². The van der Waals surface area contributed by atoms with Crippen molar-refractivity contribution in [3.8, 4) is 11.5 Å². The number of carbonyl (C=O) groups excluding carboxylic acids is 1. The van der Waals surface area contributed by atoms with Gasteiger partial charge in [-0.05, 0) is 25.0 Å². The van der Waals surface area contributed by atoms with E-state index in [0.29, 0.717) is 41.7 Å². The molecule has 1 aromatic carbocycles. The average Bonchev–Trinajstić information content (AvgIpc) is 3.02. The van der Waals surface area contributed by atoms with Crippen LogP contribution < -0.4 is 9.47 Å². The summed E-state index contributed by atoms with van der Waals surface area (Å²) < 4.78 is 10.8. The van der Waals surface area contributed by atoms with E-state index in [1.807, 2.05) is 6.92 Å². The van der Waals surface area contributed by atoms with Gasteiger partial charge >= 0.3 is 5.97 Å². The first-order valence-electron chi connectivity index (χ1n) is 7.50. The van der Waals surface area contributed by atoms with Crippen LogP contribution in [0.4, 0.5) is 0 Å². The summed E-state index contributed by atoms with van der Waals surface area (Å²) in [6.45, 7) is 3.10.